The summed E-state index contributed by atoms with van der Waals surface area (Å²) in [5.41, 5.74) is -0.399. The zero-order valence-electron chi connectivity index (χ0n) is 13.7. The molecule has 0 atom stereocenters. The first-order valence-electron chi connectivity index (χ1n) is 7.25. The molecule has 0 saturated heterocycles. The number of halogens is 3. The fourth-order valence-electron chi connectivity index (χ4n) is 2.93. The average Bonchev–Trinajstić information content (AvgIpc) is 2.50. The van der Waals surface area contributed by atoms with Gasteiger partial charge in [0.25, 0.3) is 0 Å². The monoisotopic (exact) mass is 355 g/mol. The Balaban J connectivity index is 2.68. The number of carboxylic acid groups (broad SMARTS) is 2. The van der Waals surface area contributed by atoms with Gasteiger partial charge in [-0.2, -0.15) is 13.2 Å². The van der Waals surface area contributed by atoms with Gasteiger partial charge in [-0.1, -0.05) is 12.1 Å². The Morgan fingerprint density at radius 2 is 1.36 bits per heavy atom. The highest BCUT2D eigenvalue weighted by molar-refractivity contribution is 5.98. The topological polar surface area (TPSA) is 77.8 Å². The Morgan fingerprint density at radius 1 is 0.960 bits per heavy atom. The second-order valence-electron chi connectivity index (χ2n) is 5.72. The summed E-state index contributed by atoms with van der Waals surface area (Å²) in [4.78, 5) is 24.9. The van der Waals surface area contributed by atoms with Gasteiger partial charge in [0.1, 0.15) is 0 Å². The minimum Gasteiger partial charge on any atom is -0.478 e. The van der Waals surface area contributed by atoms with E-state index in [1.165, 1.54) is 18.7 Å². The number of aliphatic carboxylic acids is 2. The Hall–Kier alpha value is -2.77. The summed E-state index contributed by atoms with van der Waals surface area (Å²) in [6.07, 6.45) is -4.53. The molecule has 134 valence electrons. The largest absolute Gasteiger partial charge is 0.478 e. The van der Waals surface area contributed by atoms with E-state index in [0.717, 1.165) is 24.3 Å². The van der Waals surface area contributed by atoms with E-state index in [4.69, 9.17) is 0 Å². The molecular formula is C17H16F3NO4. The maximum atomic E-state index is 12.7. The molecule has 8 heteroatoms. The molecule has 0 aliphatic carbocycles. The number of rotatable bonds is 3. The number of hydrogen-bond acceptors (Lipinski definition) is 3. The van der Waals surface area contributed by atoms with E-state index in [1.54, 1.807) is 7.05 Å². The predicted octanol–water partition coefficient (Wildman–Crippen LogP) is 3.45. The summed E-state index contributed by atoms with van der Waals surface area (Å²) in [6, 6.07) is 3.87. The van der Waals surface area contributed by atoms with Crippen LogP contribution in [0.3, 0.4) is 0 Å². The van der Waals surface area contributed by atoms with Crippen molar-refractivity contribution < 1.29 is 33.0 Å². The molecule has 1 aliphatic heterocycles. The molecule has 25 heavy (non-hydrogen) atoms. The second-order valence-corrected chi connectivity index (χ2v) is 5.72. The van der Waals surface area contributed by atoms with E-state index < -0.39 is 29.6 Å². The van der Waals surface area contributed by atoms with Crippen LogP contribution in [0.4, 0.5) is 13.2 Å². The van der Waals surface area contributed by atoms with Gasteiger partial charge >= 0.3 is 18.1 Å². The Morgan fingerprint density at radius 3 is 1.68 bits per heavy atom. The first-order chi connectivity index (χ1) is 11.5. The first kappa shape index (κ1) is 18.6. The third-order valence-corrected chi connectivity index (χ3v) is 4.40. The molecule has 2 N–H and O–H groups in total. The van der Waals surface area contributed by atoms with Crippen LogP contribution in [-0.4, -0.2) is 34.1 Å². The van der Waals surface area contributed by atoms with Gasteiger partial charge in [-0.25, -0.2) is 9.59 Å². The summed E-state index contributed by atoms with van der Waals surface area (Å²) in [5.74, 6) is -3.80. The molecule has 0 saturated carbocycles. The quantitative estimate of drug-likeness (QED) is 0.868. The van der Waals surface area contributed by atoms with Crippen LogP contribution in [-0.2, 0) is 15.8 Å². The molecule has 5 nitrogen and oxygen atoms in total. The number of hydrogen-bond donors (Lipinski definition) is 2. The summed E-state index contributed by atoms with van der Waals surface area (Å²) in [7, 11) is 1.54. The number of nitrogens with zero attached hydrogens (tertiary/aromatic N) is 1. The highest BCUT2D eigenvalue weighted by Crippen LogP contribution is 2.42. The summed E-state index contributed by atoms with van der Waals surface area (Å²) in [5, 5.41) is 19.1. The Kier molecular flexibility index (Phi) is 4.66. The molecule has 0 aromatic heterocycles. The lowest BCUT2D eigenvalue weighted by Crippen LogP contribution is -2.32. The fraction of sp³-hybridized carbons (Fsp3) is 0.294. The van der Waals surface area contributed by atoms with E-state index in [0.29, 0.717) is 11.4 Å². The van der Waals surface area contributed by atoms with Crippen molar-refractivity contribution in [3.8, 4) is 0 Å². The van der Waals surface area contributed by atoms with Crippen LogP contribution in [0.15, 0.2) is 46.8 Å². The molecule has 0 spiro atoms. The molecule has 1 aromatic rings. The van der Waals surface area contributed by atoms with Gasteiger partial charge in [0.05, 0.1) is 22.6 Å². The van der Waals surface area contributed by atoms with Crippen molar-refractivity contribution in [1.29, 1.82) is 0 Å². The second kappa shape index (κ2) is 6.27. The molecule has 1 heterocycles. The Labute approximate surface area is 141 Å². The van der Waals surface area contributed by atoms with E-state index in [2.05, 4.69) is 0 Å². The molecule has 0 unspecified atom stereocenters. The van der Waals surface area contributed by atoms with Gasteiger partial charge in [0, 0.05) is 18.4 Å². The van der Waals surface area contributed by atoms with Gasteiger partial charge in [0.2, 0.25) is 0 Å². The van der Waals surface area contributed by atoms with Gasteiger partial charge in [-0.3, -0.25) is 0 Å². The van der Waals surface area contributed by atoms with Crippen LogP contribution < -0.4 is 0 Å². The van der Waals surface area contributed by atoms with Crippen LogP contribution in [0.5, 0.6) is 0 Å². The summed E-state index contributed by atoms with van der Waals surface area (Å²) >= 11 is 0. The SMILES string of the molecule is CC1=C(C(=O)O)C(c2ccc(C(F)(F)F)cc2)C(C(=O)O)=C(C)N1C. The van der Waals surface area contributed by atoms with Gasteiger partial charge < -0.3 is 15.1 Å². The third-order valence-electron chi connectivity index (χ3n) is 4.40. The van der Waals surface area contributed by atoms with Crippen molar-refractivity contribution in [3.05, 3.63) is 57.9 Å². The number of allylic oxidation sites excluding steroid dienone is 2. The fourth-order valence-corrected chi connectivity index (χ4v) is 2.93. The van der Waals surface area contributed by atoms with Crippen molar-refractivity contribution in [2.45, 2.75) is 25.9 Å². The number of carbonyl (C=O) groups is 2. The minimum atomic E-state index is -4.53. The van der Waals surface area contributed by atoms with Crippen LogP contribution in [0.2, 0.25) is 0 Å². The zero-order chi connectivity index (χ0) is 19.1. The zero-order valence-corrected chi connectivity index (χ0v) is 13.7. The normalized spacial score (nSPS) is 16.5. The molecule has 0 bridgehead atoms. The van der Waals surface area contributed by atoms with Crippen LogP contribution in [0.25, 0.3) is 0 Å². The van der Waals surface area contributed by atoms with Crippen molar-refractivity contribution in [3.63, 3.8) is 0 Å². The van der Waals surface area contributed by atoms with Gasteiger partial charge in [0.15, 0.2) is 0 Å². The predicted molar refractivity (Wildman–Crippen MR) is 82.6 cm³/mol. The molecule has 1 aliphatic rings. The summed E-state index contributed by atoms with van der Waals surface area (Å²) < 4.78 is 38.2. The first-order valence-corrected chi connectivity index (χ1v) is 7.25. The highest BCUT2D eigenvalue weighted by Gasteiger charge is 2.39. The third kappa shape index (κ3) is 3.24. The van der Waals surface area contributed by atoms with Crippen molar-refractivity contribution in [1.82, 2.24) is 4.90 Å². The lowest BCUT2D eigenvalue weighted by Gasteiger charge is -2.34. The van der Waals surface area contributed by atoms with E-state index in [9.17, 15) is 33.0 Å². The van der Waals surface area contributed by atoms with Crippen LogP contribution in [0.1, 0.15) is 30.9 Å². The van der Waals surface area contributed by atoms with Gasteiger partial charge in [-0.15, -0.1) is 0 Å². The van der Waals surface area contributed by atoms with Crippen molar-refractivity contribution in [2.24, 2.45) is 0 Å². The number of benzene rings is 1. The van der Waals surface area contributed by atoms with Crippen LogP contribution in [0, 0.1) is 0 Å². The van der Waals surface area contributed by atoms with E-state index in [-0.39, 0.29) is 16.7 Å². The lowest BCUT2D eigenvalue weighted by atomic mass is 9.79. The summed E-state index contributed by atoms with van der Waals surface area (Å²) in [6.45, 7) is 3.06. The smallest absolute Gasteiger partial charge is 0.416 e. The molecule has 0 amide bonds. The maximum absolute atomic E-state index is 12.7. The van der Waals surface area contributed by atoms with E-state index in [1.807, 2.05) is 0 Å². The number of carboxylic acids is 2. The van der Waals surface area contributed by atoms with E-state index >= 15 is 0 Å². The van der Waals surface area contributed by atoms with Crippen LogP contribution >= 0.6 is 0 Å². The number of alkyl halides is 3. The molecular weight excluding hydrogens is 339 g/mol. The standard InChI is InChI=1S/C17H16F3NO4/c1-8-12(15(22)23)14(13(16(24)25)9(2)21(8)3)10-4-6-11(7-5-10)17(18,19)20/h4-7,14H,1-3H3,(H,22,23)(H,24,25). The molecule has 0 fully saturated rings. The highest BCUT2D eigenvalue weighted by atomic mass is 19.4. The maximum Gasteiger partial charge on any atom is 0.416 e. The molecule has 1 aromatic carbocycles. The van der Waals surface area contributed by atoms with Gasteiger partial charge in [-0.05, 0) is 31.5 Å². The molecule has 2 rings (SSSR count). The minimum absolute atomic E-state index is 0.176. The average molecular weight is 355 g/mol. The lowest BCUT2D eigenvalue weighted by molar-refractivity contribution is -0.138. The molecule has 0 radical (unpaired) electrons. The van der Waals surface area contributed by atoms with Crippen molar-refractivity contribution >= 4 is 11.9 Å². The van der Waals surface area contributed by atoms with Crippen molar-refractivity contribution in [2.75, 3.05) is 7.05 Å². The Bertz CT molecular complexity index is 753.